The van der Waals surface area contributed by atoms with Crippen molar-refractivity contribution in [1.29, 1.82) is 0 Å². The Bertz CT molecular complexity index is 103. The van der Waals surface area contributed by atoms with Gasteiger partial charge in [0.25, 0.3) is 0 Å². The van der Waals surface area contributed by atoms with E-state index in [9.17, 15) is 0 Å². The molecule has 2 nitrogen and oxygen atoms in total. The van der Waals surface area contributed by atoms with Crippen molar-refractivity contribution in [2.75, 3.05) is 0 Å². The maximum Gasteiger partial charge on any atom is 0.162 e. The second-order valence-corrected chi connectivity index (χ2v) is 4.84. The smallest absolute Gasteiger partial charge is 0.162 e. The van der Waals surface area contributed by atoms with Gasteiger partial charge in [-0.15, -0.1) is 0 Å². The van der Waals surface area contributed by atoms with Gasteiger partial charge in [-0.3, -0.25) is 0 Å². The lowest BCUT2D eigenvalue weighted by Gasteiger charge is -2.30. The topological polar surface area (TPSA) is 18.5 Å². The average molecular weight is 206 g/mol. The van der Waals surface area contributed by atoms with Crippen LogP contribution in [0.3, 0.4) is 0 Å². The molecule has 0 bridgehead atoms. The summed E-state index contributed by atoms with van der Waals surface area (Å²) in [4.78, 5) is 0. The van der Waals surface area contributed by atoms with Gasteiger partial charge in [0.1, 0.15) is 5.79 Å². The van der Waals surface area contributed by atoms with Crippen molar-refractivity contribution >= 4 is 19.5 Å². The number of unbranched alkanes of at least 4 members (excludes halogenated alkanes) is 1. The number of rotatable bonds is 7. The van der Waals surface area contributed by atoms with Gasteiger partial charge in [0, 0.05) is 0 Å². The summed E-state index contributed by atoms with van der Waals surface area (Å²) in [6.45, 7) is 8.61. The van der Waals surface area contributed by atoms with Crippen molar-refractivity contribution < 1.29 is 8.85 Å². The van der Waals surface area contributed by atoms with Crippen LogP contribution in [-0.4, -0.2) is 25.3 Å². The zero-order chi connectivity index (χ0) is 9.45. The first-order chi connectivity index (χ1) is 5.68. The summed E-state index contributed by atoms with van der Waals surface area (Å²) < 4.78 is 11.4. The van der Waals surface area contributed by atoms with Crippen molar-refractivity contribution in [2.45, 2.75) is 52.0 Å². The minimum atomic E-state index is -0.341. The fraction of sp³-hybridized carbons (Fsp3) is 1.00. The molecule has 0 radical (unpaired) electrons. The molecule has 0 aliphatic heterocycles. The Balaban J connectivity index is 3.80. The van der Waals surface area contributed by atoms with Gasteiger partial charge in [0.05, 0.1) is 0 Å². The molecule has 0 amide bonds. The molecule has 0 aromatic rings. The summed E-state index contributed by atoms with van der Waals surface area (Å²) in [5.74, 6) is -0.224. The first-order valence-corrected chi connectivity index (χ1v) is 8.94. The van der Waals surface area contributed by atoms with Gasteiger partial charge >= 0.3 is 0 Å². The summed E-state index contributed by atoms with van der Waals surface area (Å²) in [6.07, 6.45) is 3.49. The van der Waals surface area contributed by atoms with E-state index in [1.807, 2.05) is 0 Å². The highest BCUT2D eigenvalue weighted by molar-refractivity contribution is 6.26. The van der Waals surface area contributed by atoms with E-state index in [2.05, 4.69) is 26.9 Å². The van der Waals surface area contributed by atoms with E-state index in [-0.39, 0.29) is 25.3 Å². The Kier molecular flexibility index (Phi) is 7.03. The summed E-state index contributed by atoms with van der Waals surface area (Å²) in [5, 5.41) is 0. The van der Waals surface area contributed by atoms with Crippen LogP contribution in [0.1, 0.15) is 33.1 Å². The van der Waals surface area contributed by atoms with Crippen LogP contribution in [0.25, 0.3) is 0 Å². The minimum Gasteiger partial charge on any atom is -0.399 e. The van der Waals surface area contributed by atoms with Gasteiger partial charge in [-0.2, -0.15) is 0 Å². The first kappa shape index (κ1) is 12.4. The Hall–Kier alpha value is 0.354. The van der Waals surface area contributed by atoms with Gasteiger partial charge < -0.3 is 8.85 Å². The largest absolute Gasteiger partial charge is 0.399 e. The van der Waals surface area contributed by atoms with Gasteiger partial charge in [0.2, 0.25) is 0 Å². The maximum absolute atomic E-state index is 5.72. The summed E-state index contributed by atoms with van der Waals surface area (Å²) in [5.41, 5.74) is 0. The van der Waals surface area contributed by atoms with Crippen molar-refractivity contribution in [1.82, 2.24) is 0 Å². The molecule has 0 N–H and O–H groups in total. The van der Waals surface area contributed by atoms with E-state index in [0.717, 1.165) is 6.42 Å². The minimum absolute atomic E-state index is 0.224. The molecule has 0 atom stereocenters. The van der Waals surface area contributed by atoms with E-state index < -0.39 is 0 Å². The molecule has 0 spiro atoms. The molecule has 0 aromatic heterocycles. The van der Waals surface area contributed by atoms with Crippen LogP contribution in [0.15, 0.2) is 0 Å². The SMILES string of the molecule is CCCCC(C)(O[SiH2]C)O[SiH2]C. The lowest BCUT2D eigenvalue weighted by molar-refractivity contribution is -0.103. The fourth-order valence-corrected chi connectivity index (χ4v) is 3.14. The van der Waals surface area contributed by atoms with Crippen molar-refractivity contribution in [3.63, 3.8) is 0 Å². The molecule has 0 aliphatic carbocycles. The van der Waals surface area contributed by atoms with Crippen LogP contribution in [0.5, 0.6) is 0 Å². The molecule has 0 unspecified atom stereocenters. The molecular formula is C8H22O2Si2. The van der Waals surface area contributed by atoms with E-state index >= 15 is 0 Å². The van der Waals surface area contributed by atoms with E-state index in [1.165, 1.54) is 12.8 Å². The Labute approximate surface area is 80.9 Å². The van der Waals surface area contributed by atoms with Crippen LogP contribution in [0.2, 0.25) is 13.1 Å². The molecule has 74 valence electrons. The van der Waals surface area contributed by atoms with Gasteiger partial charge in [-0.05, 0) is 19.8 Å². The molecule has 0 saturated carbocycles. The fourth-order valence-electron chi connectivity index (χ4n) is 1.29. The molecule has 0 fully saturated rings. The highest BCUT2D eigenvalue weighted by Gasteiger charge is 2.22. The van der Waals surface area contributed by atoms with Crippen LogP contribution >= 0.6 is 0 Å². The van der Waals surface area contributed by atoms with Crippen LogP contribution < -0.4 is 0 Å². The highest BCUT2D eigenvalue weighted by Crippen LogP contribution is 2.19. The molecule has 12 heavy (non-hydrogen) atoms. The Morgan fingerprint density at radius 1 is 1.17 bits per heavy atom. The standard InChI is InChI=1S/C8H22O2Si2/c1-5-6-7-8(2,9-11-3)10-12-4/h5-7,11-12H2,1-4H3. The van der Waals surface area contributed by atoms with E-state index in [0.29, 0.717) is 0 Å². The molecule has 0 rings (SSSR count). The van der Waals surface area contributed by atoms with Crippen LogP contribution in [0, 0.1) is 0 Å². The molecular weight excluding hydrogens is 184 g/mol. The van der Waals surface area contributed by atoms with Crippen molar-refractivity contribution in [2.24, 2.45) is 0 Å². The predicted octanol–water partition coefficient (Wildman–Crippen LogP) is 1.19. The van der Waals surface area contributed by atoms with E-state index in [1.54, 1.807) is 0 Å². The van der Waals surface area contributed by atoms with E-state index in [4.69, 9.17) is 8.85 Å². The third kappa shape index (κ3) is 5.08. The third-order valence-corrected chi connectivity index (χ3v) is 3.68. The summed E-state index contributed by atoms with van der Waals surface area (Å²) in [6, 6.07) is 0. The van der Waals surface area contributed by atoms with Gasteiger partial charge in [-0.25, -0.2) is 0 Å². The molecule has 0 saturated heterocycles. The molecule has 4 heteroatoms. The molecule has 0 heterocycles. The normalized spacial score (nSPS) is 18.0. The highest BCUT2D eigenvalue weighted by atomic mass is 28.2. The first-order valence-electron chi connectivity index (χ1n) is 4.96. The van der Waals surface area contributed by atoms with Crippen LogP contribution in [0.4, 0.5) is 0 Å². The lowest BCUT2D eigenvalue weighted by atomic mass is 10.1. The summed E-state index contributed by atoms with van der Waals surface area (Å²) >= 11 is 0. The van der Waals surface area contributed by atoms with Gasteiger partial charge in [-0.1, -0.05) is 26.4 Å². The lowest BCUT2D eigenvalue weighted by Crippen LogP contribution is -2.34. The third-order valence-electron chi connectivity index (χ3n) is 1.88. The Morgan fingerprint density at radius 3 is 2.00 bits per heavy atom. The monoisotopic (exact) mass is 206 g/mol. The predicted molar refractivity (Wildman–Crippen MR) is 58.9 cm³/mol. The number of hydrogen-bond donors (Lipinski definition) is 0. The second kappa shape index (κ2) is 6.83. The van der Waals surface area contributed by atoms with Crippen molar-refractivity contribution in [3.05, 3.63) is 0 Å². The Morgan fingerprint density at radius 2 is 1.67 bits per heavy atom. The van der Waals surface area contributed by atoms with Crippen LogP contribution in [-0.2, 0) is 8.85 Å². The zero-order valence-electron chi connectivity index (χ0n) is 8.85. The zero-order valence-corrected chi connectivity index (χ0v) is 11.7. The second-order valence-electron chi connectivity index (χ2n) is 3.10. The molecule has 0 aromatic carbocycles. The quantitative estimate of drug-likeness (QED) is 0.460. The average Bonchev–Trinajstić information content (AvgIpc) is 2.02. The van der Waals surface area contributed by atoms with Crippen molar-refractivity contribution in [3.8, 4) is 0 Å². The molecule has 0 aliphatic rings. The number of hydrogen-bond acceptors (Lipinski definition) is 2. The maximum atomic E-state index is 5.72. The summed E-state index contributed by atoms with van der Waals surface area (Å²) in [7, 11) is -0.682. The van der Waals surface area contributed by atoms with Gasteiger partial charge in [0.15, 0.2) is 19.5 Å².